The molecule has 0 spiro atoms. The molecule has 0 saturated heterocycles. The third kappa shape index (κ3) is 5.46. The fourth-order valence-electron chi connectivity index (χ4n) is 2.44. The van der Waals surface area contributed by atoms with E-state index in [0.29, 0.717) is 5.56 Å². The molecule has 3 aromatic rings. The van der Waals surface area contributed by atoms with Gasteiger partial charge in [-0.15, -0.1) is 0 Å². The Morgan fingerprint density at radius 2 is 1.80 bits per heavy atom. The largest absolute Gasteiger partial charge is 0.490 e. The van der Waals surface area contributed by atoms with Crippen molar-refractivity contribution in [1.82, 2.24) is 19.7 Å². The van der Waals surface area contributed by atoms with Crippen LogP contribution in [0.1, 0.15) is 34.4 Å². The molecule has 0 unspecified atom stereocenters. The summed E-state index contributed by atoms with van der Waals surface area (Å²) >= 11 is 0. The molecule has 30 heavy (non-hydrogen) atoms. The molecule has 3 N–H and O–H groups in total. The molecule has 8 nitrogen and oxygen atoms in total. The highest BCUT2D eigenvalue weighted by Gasteiger charge is 2.38. The molecule has 2 aromatic heterocycles. The maximum Gasteiger partial charge on any atom is 0.490 e. The molecule has 0 radical (unpaired) electrons. The Hall–Kier alpha value is -3.63. The number of carboxylic acid groups (broad SMARTS) is 1. The molecule has 11 heteroatoms. The fourth-order valence-corrected chi connectivity index (χ4v) is 2.44. The second kappa shape index (κ2) is 9.25. The number of halogens is 3. The number of alkyl halides is 3. The van der Waals surface area contributed by atoms with Crippen LogP contribution >= 0.6 is 0 Å². The van der Waals surface area contributed by atoms with Crippen LogP contribution in [0.5, 0.6) is 0 Å². The summed E-state index contributed by atoms with van der Waals surface area (Å²) in [6, 6.07) is 7.68. The van der Waals surface area contributed by atoms with Gasteiger partial charge in [-0.1, -0.05) is 6.92 Å². The van der Waals surface area contributed by atoms with Gasteiger partial charge in [0.15, 0.2) is 0 Å². The first-order valence-electron chi connectivity index (χ1n) is 8.79. The maximum absolute atomic E-state index is 12.3. The molecule has 0 aliphatic heterocycles. The number of nitrogens with one attached hydrogen (secondary N) is 2. The van der Waals surface area contributed by atoms with E-state index in [4.69, 9.17) is 9.90 Å². The highest BCUT2D eigenvalue weighted by molar-refractivity contribution is 6.04. The summed E-state index contributed by atoms with van der Waals surface area (Å²) in [5.41, 5.74) is 5.29. The summed E-state index contributed by atoms with van der Waals surface area (Å²) in [7, 11) is 0. The molecular formula is C19H20F3N5O3. The average molecular weight is 423 g/mol. The number of aromatic amines is 1. The highest BCUT2D eigenvalue weighted by Crippen LogP contribution is 2.18. The van der Waals surface area contributed by atoms with E-state index in [-0.39, 0.29) is 5.91 Å². The van der Waals surface area contributed by atoms with Crippen LogP contribution < -0.4 is 5.32 Å². The molecule has 2 heterocycles. The number of aromatic nitrogens is 4. The Kier molecular flexibility index (Phi) is 6.98. The van der Waals surface area contributed by atoms with Gasteiger partial charge in [-0.05, 0) is 44.5 Å². The van der Waals surface area contributed by atoms with Gasteiger partial charge in [0.2, 0.25) is 0 Å². The number of carbonyl (C=O) groups excluding carboxylic acids is 1. The van der Waals surface area contributed by atoms with Crippen molar-refractivity contribution in [3.05, 3.63) is 59.4 Å². The van der Waals surface area contributed by atoms with E-state index in [9.17, 15) is 18.0 Å². The minimum absolute atomic E-state index is 0.155. The van der Waals surface area contributed by atoms with Gasteiger partial charge in [-0.3, -0.25) is 9.89 Å². The van der Waals surface area contributed by atoms with E-state index in [1.165, 1.54) is 0 Å². The van der Waals surface area contributed by atoms with Crippen molar-refractivity contribution in [3.63, 3.8) is 0 Å². The second-order valence-corrected chi connectivity index (χ2v) is 6.21. The third-order valence-corrected chi connectivity index (χ3v) is 4.21. The minimum Gasteiger partial charge on any atom is -0.475 e. The number of aryl methyl sites for hydroxylation is 2. The zero-order valence-corrected chi connectivity index (χ0v) is 16.4. The summed E-state index contributed by atoms with van der Waals surface area (Å²) in [4.78, 5) is 25.5. The lowest BCUT2D eigenvalue weighted by atomic mass is 10.2. The monoisotopic (exact) mass is 423 g/mol. The van der Waals surface area contributed by atoms with Crippen molar-refractivity contribution in [2.45, 2.75) is 33.4 Å². The normalized spacial score (nSPS) is 10.9. The molecule has 0 atom stereocenters. The zero-order chi connectivity index (χ0) is 22.5. The number of benzene rings is 1. The van der Waals surface area contributed by atoms with Crippen molar-refractivity contribution in [3.8, 4) is 5.69 Å². The Balaban J connectivity index is 0.000000396. The number of hydrogen-bond acceptors (Lipinski definition) is 4. The summed E-state index contributed by atoms with van der Waals surface area (Å²) in [6.07, 6.45) is -0.988. The van der Waals surface area contributed by atoms with Crippen molar-refractivity contribution >= 4 is 17.6 Å². The standard InChI is InChI=1S/C17H19N5O.C2HF3O2/c1-4-16-15(9-19-21-16)17(23)20-13-5-7-14(8-6-13)22-10-18-11(2)12(22)3;3-2(4,5)1(6)7/h5-10H,4H2,1-3H3,(H,19,21)(H,20,23);(H,6,7). The number of hydrogen-bond donors (Lipinski definition) is 3. The van der Waals surface area contributed by atoms with Crippen molar-refractivity contribution in [2.24, 2.45) is 0 Å². The van der Waals surface area contributed by atoms with Crippen molar-refractivity contribution in [2.75, 3.05) is 5.32 Å². The number of carbonyl (C=O) groups is 2. The van der Waals surface area contributed by atoms with Gasteiger partial charge in [0.1, 0.15) is 0 Å². The highest BCUT2D eigenvalue weighted by atomic mass is 19.4. The Morgan fingerprint density at radius 1 is 1.20 bits per heavy atom. The van der Waals surface area contributed by atoms with E-state index in [1.54, 1.807) is 12.5 Å². The van der Waals surface area contributed by atoms with Crippen LogP contribution in [-0.2, 0) is 11.2 Å². The molecule has 0 aliphatic rings. The van der Waals surface area contributed by atoms with Crippen molar-refractivity contribution in [1.29, 1.82) is 0 Å². The lowest BCUT2D eigenvalue weighted by molar-refractivity contribution is -0.192. The van der Waals surface area contributed by atoms with Gasteiger partial charge in [0.05, 0.1) is 23.8 Å². The van der Waals surface area contributed by atoms with Crippen LogP contribution in [0.15, 0.2) is 36.8 Å². The van der Waals surface area contributed by atoms with Gasteiger partial charge in [-0.2, -0.15) is 18.3 Å². The van der Waals surface area contributed by atoms with Gasteiger partial charge in [0, 0.05) is 22.8 Å². The van der Waals surface area contributed by atoms with Crippen molar-refractivity contribution < 1.29 is 27.9 Å². The zero-order valence-electron chi connectivity index (χ0n) is 16.4. The SMILES string of the molecule is CCc1[nH]ncc1C(=O)Nc1ccc(-n2cnc(C)c2C)cc1.O=C(O)C(F)(F)F. The summed E-state index contributed by atoms with van der Waals surface area (Å²) in [5, 5.41) is 16.8. The predicted octanol–water partition coefficient (Wildman–Crippen LogP) is 3.66. The molecule has 3 rings (SSSR count). The number of imidazole rings is 1. The van der Waals surface area contributed by atoms with E-state index in [0.717, 1.165) is 34.9 Å². The number of rotatable bonds is 4. The Labute approximate surface area is 169 Å². The molecule has 0 saturated carbocycles. The third-order valence-electron chi connectivity index (χ3n) is 4.21. The second-order valence-electron chi connectivity index (χ2n) is 6.21. The molecule has 0 bridgehead atoms. The van der Waals surface area contributed by atoms with E-state index in [1.807, 2.05) is 49.6 Å². The lowest BCUT2D eigenvalue weighted by Gasteiger charge is -2.08. The lowest BCUT2D eigenvalue weighted by Crippen LogP contribution is -2.21. The van der Waals surface area contributed by atoms with Crippen LogP contribution in [0.3, 0.4) is 0 Å². The molecule has 0 aliphatic carbocycles. The molecule has 1 aromatic carbocycles. The number of amides is 1. The summed E-state index contributed by atoms with van der Waals surface area (Å²) in [6.45, 7) is 5.99. The fraction of sp³-hybridized carbons (Fsp3) is 0.263. The van der Waals surface area contributed by atoms with Crippen LogP contribution in [0.4, 0.5) is 18.9 Å². The molecular weight excluding hydrogens is 403 g/mol. The first-order valence-corrected chi connectivity index (χ1v) is 8.79. The van der Waals surface area contributed by atoms with Crippen LogP contribution in [0, 0.1) is 13.8 Å². The maximum atomic E-state index is 12.3. The van der Waals surface area contributed by atoms with Crippen LogP contribution in [0.25, 0.3) is 5.69 Å². The van der Waals surface area contributed by atoms with E-state index >= 15 is 0 Å². The summed E-state index contributed by atoms with van der Waals surface area (Å²) in [5.74, 6) is -2.91. The molecule has 160 valence electrons. The quantitative estimate of drug-likeness (QED) is 0.593. The van der Waals surface area contributed by atoms with Crippen LogP contribution in [-0.4, -0.2) is 42.9 Å². The number of anilines is 1. The number of carboxylic acids is 1. The Morgan fingerprint density at radius 3 is 2.27 bits per heavy atom. The van der Waals surface area contributed by atoms with Gasteiger partial charge in [0.25, 0.3) is 5.91 Å². The summed E-state index contributed by atoms with van der Waals surface area (Å²) < 4.78 is 33.8. The van der Waals surface area contributed by atoms with Crippen LogP contribution in [0.2, 0.25) is 0 Å². The number of aliphatic carboxylic acids is 1. The Bertz CT molecular complexity index is 1020. The van der Waals surface area contributed by atoms with Gasteiger partial charge < -0.3 is 15.0 Å². The number of H-pyrrole nitrogens is 1. The average Bonchev–Trinajstić information content (AvgIpc) is 3.29. The molecule has 0 fully saturated rings. The minimum atomic E-state index is -5.08. The first kappa shape index (κ1) is 22.7. The van der Waals surface area contributed by atoms with Gasteiger partial charge in [-0.25, -0.2) is 9.78 Å². The van der Waals surface area contributed by atoms with E-state index < -0.39 is 12.1 Å². The van der Waals surface area contributed by atoms with Gasteiger partial charge >= 0.3 is 12.1 Å². The number of nitrogens with zero attached hydrogens (tertiary/aromatic N) is 3. The molecule has 1 amide bonds. The first-order chi connectivity index (χ1) is 14.0. The smallest absolute Gasteiger partial charge is 0.475 e. The topological polar surface area (TPSA) is 113 Å². The van der Waals surface area contributed by atoms with E-state index in [2.05, 4.69) is 20.5 Å². The predicted molar refractivity (Wildman–Crippen MR) is 103 cm³/mol.